The molecule has 4 rings (SSSR count). The number of nitrogens with zero attached hydrogens (tertiary/aromatic N) is 3. The molecule has 0 aliphatic heterocycles. The summed E-state index contributed by atoms with van der Waals surface area (Å²) in [5.74, 6) is 0.189. The smallest absolute Gasteiger partial charge is 0.408 e. The second kappa shape index (κ2) is 7.71. The molecule has 0 radical (unpaired) electrons. The highest BCUT2D eigenvalue weighted by Crippen LogP contribution is 2.25. The topological polar surface area (TPSA) is 123 Å². The lowest BCUT2D eigenvalue weighted by Crippen LogP contribution is -2.32. The Hall–Kier alpha value is -3.53. The van der Waals surface area contributed by atoms with E-state index in [1.165, 1.54) is 11.3 Å². The number of hydrogen-bond acceptors (Lipinski definition) is 8. The third-order valence-corrected chi connectivity index (χ3v) is 4.84. The quantitative estimate of drug-likeness (QED) is 0.464. The average molecular weight is 425 g/mol. The number of fused-ring (bicyclic) bond motifs is 1. The van der Waals surface area contributed by atoms with Gasteiger partial charge in [0.2, 0.25) is 11.7 Å². The number of hydrogen-bond donors (Lipinski definition) is 2. The van der Waals surface area contributed by atoms with E-state index in [2.05, 4.69) is 25.5 Å². The lowest BCUT2D eigenvalue weighted by Gasteiger charge is -2.19. The molecule has 0 saturated carbocycles. The Morgan fingerprint density at radius 3 is 2.83 bits per heavy atom. The summed E-state index contributed by atoms with van der Waals surface area (Å²) in [6.45, 7) is 5.34. The van der Waals surface area contributed by atoms with Crippen LogP contribution in [0.25, 0.3) is 22.5 Å². The second-order valence-electron chi connectivity index (χ2n) is 7.47. The maximum atomic E-state index is 12.9. The maximum Gasteiger partial charge on any atom is 0.408 e. The summed E-state index contributed by atoms with van der Waals surface area (Å²) in [6.07, 6.45) is 1.10. The Bertz CT molecular complexity index is 1220. The van der Waals surface area contributed by atoms with E-state index in [4.69, 9.17) is 9.15 Å². The Morgan fingerprint density at radius 2 is 2.03 bits per heavy atom. The molecule has 3 heterocycles. The van der Waals surface area contributed by atoms with Crippen molar-refractivity contribution in [3.05, 3.63) is 52.3 Å². The molecule has 1 aromatic carbocycles. The molecule has 0 bridgehead atoms. The van der Waals surface area contributed by atoms with Crippen molar-refractivity contribution in [3.63, 3.8) is 0 Å². The van der Waals surface area contributed by atoms with Gasteiger partial charge >= 0.3 is 6.09 Å². The fourth-order valence-electron chi connectivity index (χ4n) is 2.74. The van der Waals surface area contributed by atoms with E-state index in [0.717, 1.165) is 10.9 Å². The lowest BCUT2D eigenvalue weighted by atomic mass is 10.1. The molecule has 0 atom stereocenters. The number of amides is 1. The van der Waals surface area contributed by atoms with Gasteiger partial charge in [0, 0.05) is 22.5 Å². The molecule has 4 aromatic rings. The number of aromatic amines is 1. The third kappa shape index (κ3) is 4.23. The van der Waals surface area contributed by atoms with E-state index in [-0.39, 0.29) is 24.1 Å². The SMILES string of the molecule is CC(C)(C)OC(=O)NCc1nnc(-c2csc(C(=O)c3c[nH]c4ccccc34)n2)o1. The normalized spacial score (nSPS) is 11.6. The zero-order valence-corrected chi connectivity index (χ0v) is 17.4. The first kappa shape index (κ1) is 19.8. The summed E-state index contributed by atoms with van der Waals surface area (Å²) in [7, 11) is 0. The number of aromatic nitrogens is 4. The van der Waals surface area contributed by atoms with Crippen LogP contribution < -0.4 is 5.32 Å². The van der Waals surface area contributed by atoms with Gasteiger partial charge in [-0.15, -0.1) is 21.5 Å². The fourth-order valence-corrected chi connectivity index (χ4v) is 3.49. The first-order valence-electron chi connectivity index (χ1n) is 9.16. The molecule has 1 amide bonds. The van der Waals surface area contributed by atoms with Crippen molar-refractivity contribution in [3.8, 4) is 11.6 Å². The van der Waals surface area contributed by atoms with Gasteiger partial charge in [-0.3, -0.25) is 4.79 Å². The molecule has 3 aromatic heterocycles. The highest BCUT2D eigenvalue weighted by molar-refractivity contribution is 7.12. The van der Waals surface area contributed by atoms with Crippen LogP contribution >= 0.6 is 11.3 Å². The number of H-pyrrole nitrogens is 1. The lowest BCUT2D eigenvalue weighted by molar-refractivity contribution is 0.0519. The van der Waals surface area contributed by atoms with E-state index in [0.29, 0.717) is 16.3 Å². The van der Waals surface area contributed by atoms with Crippen LogP contribution in [-0.4, -0.2) is 37.6 Å². The van der Waals surface area contributed by atoms with Crippen molar-refractivity contribution < 1.29 is 18.7 Å². The van der Waals surface area contributed by atoms with E-state index in [1.807, 2.05) is 24.3 Å². The van der Waals surface area contributed by atoms with Crippen molar-refractivity contribution in [2.75, 3.05) is 0 Å². The molecular formula is C20H19N5O4S. The molecular weight excluding hydrogens is 406 g/mol. The summed E-state index contributed by atoms with van der Waals surface area (Å²) in [5.41, 5.74) is 1.24. The molecule has 0 saturated heterocycles. The van der Waals surface area contributed by atoms with Crippen molar-refractivity contribution in [1.82, 2.24) is 25.5 Å². The van der Waals surface area contributed by atoms with Gasteiger partial charge in [-0.05, 0) is 26.8 Å². The number of nitrogens with one attached hydrogen (secondary N) is 2. The number of ether oxygens (including phenoxy) is 1. The Kier molecular flexibility index (Phi) is 5.08. The van der Waals surface area contributed by atoms with Gasteiger partial charge in [0.1, 0.15) is 11.3 Å². The number of para-hydroxylation sites is 1. The predicted octanol–water partition coefficient (Wildman–Crippen LogP) is 3.93. The molecule has 0 aliphatic carbocycles. The number of thiazole rings is 1. The monoisotopic (exact) mass is 425 g/mol. The van der Waals surface area contributed by atoms with Crippen LogP contribution in [0.15, 0.2) is 40.3 Å². The average Bonchev–Trinajstić information content (AvgIpc) is 3.43. The largest absolute Gasteiger partial charge is 0.444 e. The van der Waals surface area contributed by atoms with Crippen LogP contribution in [-0.2, 0) is 11.3 Å². The van der Waals surface area contributed by atoms with Crippen molar-refractivity contribution in [1.29, 1.82) is 0 Å². The number of ketones is 1. The minimum atomic E-state index is -0.599. The molecule has 10 heteroatoms. The first-order chi connectivity index (χ1) is 14.3. The van der Waals surface area contributed by atoms with Crippen molar-refractivity contribution >= 4 is 34.1 Å². The van der Waals surface area contributed by atoms with Crippen LogP contribution in [0.2, 0.25) is 0 Å². The number of carbonyl (C=O) groups excluding carboxylic acids is 2. The minimum absolute atomic E-state index is 0.0210. The standard InChI is InChI=1S/C20H19N5O4S/c1-20(2,3)29-19(27)22-9-15-24-25-17(28-15)14-10-30-18(23-14)16(26)12-8-21-13-7-5-4-6-11(12)13/h4-8,10,21H,9H2,1-3H3,(H,22,27). The maximum absolute atomic E-state index is 12.9. The molecule has 0 fully saturated rings. The van der Waals surface area contributed by atoms with Gasteiger partial charge in [0.15, 0.2) is 5.01 Å². The molecule has 154 valence electrons. The summed E-state index contributed by atoms with van der Waals surface area (Å²) in [4.78, 5) is 32.0. The van der Waals surface area contributed by atoms with Gasteiger partial charge in [0.25, 0.3) is 5.89 Å². The fraction of sp³-hybridized carbons (Fsp3) is 0.250. The van der Waals surface area contributed by atoms with Gasteiger partial charge < -0.3 is 19.5 Å². The zero-order valence-electron chi connectivity index (χ0n) is 16.6. The van der Waals surface area contributed by atoms with Crippen LogP contribution in [0.5, 0.6) is 0 Å². The number of benzene rings is 1. The molecule has 2 N–H and O–H groups in total. The first-order valence-corrected chi connectivity index (χ1v) is 10.0. The molecule has 0 aliphatic rings. The summed E-state index contributed by atoms with van der Waals surface area (Å²) in [6, 6.07) is 7.57. The minimum Gasteiger partial charge on any atom is -0.444 e. The highest BCUT2D eigenvalue weighted by Gasteiger charge is 2.21. The zero-order chi connectivity index (χ0) is 21.3. The van der Waals surface area contributed by atoms with Gasteiger partial charge in [0.05, 0.1) is 12.1 Å². The molecule has 0 unspecified atom stereocenters. The molecule has 9 nitrogen and oxygen atoms in total. The van der Waals surface area contributed by atoms with E-state index < -0.39 is 11.7 Å². The Balaban J connectivity index is 1.46. The summed E-state index contributed by atoms with van der Waals surface area (Å²) < 4.78 is 10.7. The Labute approximate surface area is 175 Å². The summed E-state index contributed by atoms with van der Waals surface area (Å²) in [5, 5.41) is 13.2. The second-order valence-corrected chi connectivity index (χ2v) is 8.33. The van der Waals surface area contributed by atoms with Gasteiger partial charge in [-0.2, -0.15) is 0 Å². The van der Waals surface area contributed by atoms with Gasteiger partial charge in [-0.1, -0.05) is 18.2 Å². The highest BCUT2D eigenvalue weighted by atomic mass is 32.1. The van der Waals surface area contributed by atoms with E-state index >= 15 is 0 Å². The number of alkyl carbamates (subject to hydrolysis) is 1. The van der Waals surface area contributed by atoms with E-state index in [1.54, 1.807) is 32.3 Å². The molecule has 30 heavy (non-hydrogen) atoms. The van der Waals surface area contributed by atoms with Crippen LogP contribution in [0.4, 0.5) is 4.79 Å². The van der Waals surface area contributed by atoms with Crippen LogP contribution in [0.1, 0.15) is 42.0 Å². The number of carbonyl (C=O) groups is 2. The van der Waals surface area contributed by atoms with Crippen molar-refractivity contribution in [2.24, 2.45) is 0 Å². The van der Waals surface area contributed by atoms with Crippen LogP contribution in [0.3, 0.4) is 0 Å². The van der Waals surface area contributed by atoms with Crippen molar-refractivity contribution in [2.45, 2.75) is 32.9 Å². The molecule has 0 spiro atoms. The number of rotatable bonds is 5. The van der Waals surface area contributed by atoms with Crippen LogP contribution in [0, 0.1) is 0 Å². The summed E-state index contributed by atoms with van der Waals surface area (Å²) >= 11 is 1.20. The Morgan fingerprint density at radius 1 is 1.23 bits per heavy atom. The van der Waals surface area contributed by atoms with E-state index in [9.17, 15) is 9.59 Å². The predicted molar refractivity (Wildman–Crippen MR) is 110 cm³/mol. The third-order valence-electron chi connectivity index (χ3n) is 4.00. The van der Waals surface area contributed by atoms with Gasteiger partial charge in [-0.25, -0.2) is 9.78 Å².